The second-order valence-electron chi connectivity index (χ2n) is 6.29. The molecule has 0 saturated heterocycles. The topological polar surface area (TPSA) is 52.6 Å². The highest BCUT2D eigenvalue weighted by Crippen LogP contribution is 2.21. The van der Waals surface area contributed by atoms with Crippen molar-refractivity contribution < 1.29 is 19.1 Å². The molecule has 0 saturated carbocycles. The minimum atomic E-state index is -0.484. The molecular formula is C17H23IO4. The summed E-state index contributed by atoms with van der Waals surface area (Å²) in [7, 11) is 0. The molecule has 0 N–H and O–H groups in total. The average Bonchev–Trinajstić information content (AvgIpc) is 2.44. The molecule has 1 aromatic carbocycles. The lowest BCUT2D eigenvalue weighted by Gasteiger charge is -2.18. The summed E-state index contributed by atoms with van der Waals surface area (Å²) in [5, 5.41) is 0. The number of hydrogen-bond acceptors (Lipinski definition) is 4. The molecule has 1 aromatic rings. The quantitative estimate of drug-likeness (QED) is 0.389. The number of halogens is 1. The molecule has 0 amide bonds. The second-order valence-corrected chi connectivity index (χ2v) is 7.45. The first-order valence-corrected chi connectivity index (χ1v) is 8.47. The molecule has 0 fully saturated rings. The lowest BCUT2D eigenvalue weighted by Crippen LogP contribution is -2.21. The average molecular weight is 418 g/mol. The van der Waals surface area contributed by atoms with Crippen molar-refractivity contribution in [3.05, 3.63) is 32.9 Å². The van der Waals surface area contributed by atoms with Crippen LogP contribution in [0, 0.1) is 8.99 Å². The Bertz CT molecular complexity index is 532. The molecule has 0 aromatic heterocycles. The van der Waals surface area contributed by atoms with E-state index in [-0.39, 0.29) is 16.5 Å². The van der Waals surface area contributed by atoms with Crippen LogP contribution >= 0.6 is 22.6 Å². The number of esters is 2. The van der Waals surface area contributed by atoms with Gasteiger partial charge in [0.2, 0.25) is 0 Å². The molecule has 0 spiro atoms. The summed E-state index contributed by atoms with van der Waals surface area (Å²) < 4.78 is 11.2. The summed E-state index contributed by atoms with van der Waals surface area (Å²) in [5.74, 6) is -0.961. The molecule has 0 unspecified atom stereocenters. The van der Waals surface area contributed by atoms with E-state index in [9.17, 15) is 9.59 Å². The van der Waals surface area contributed by atoms with Gasteiger partial charge in [0.1, 0.15) is 0 Å². The lowest BCUT2D eigenvalue weighted by molar-refractivity contribution is 0.0351. The first-order valence-electron chi connectivity index (χ1n) is 7.39. The van der Waals surface area contributed by atoms with Gasteiger partial charge in [-0.05, 0) is 46.6 Å². The summed E-state index contributed by atoms with van der Waals surface area (Å²) in [4.78, 5) is 24.5. The van der Waals surface area contributed by atoms with Gasteiger partial charge in [-0.3, -0.25) is 0 Å². The Balaban J connectivity index is 2.93. The van der Waals surface area contributed by atoms with Gasteiger partial charge in [0.05, 0.1) is 24.3 Å². The Labute approximate surface area is 145 Å². The maximum atomic E-state index is 12.3. The normalized spacial score (nSPS) is 11.1. The minimum Gasteiger partial charge on any atom is -0.462 e. The summed E-state index contributed by atoms with van der Waals surface area (Å²) in [5.41, 5.74) is 0.424. The van der Waals surface area contributed by atoms with Crippen LogP contribution in [-0.2, 0) is 9.47 Å². The Morgan fingerprint density at radius 3 is 2.41 bits per heavy atom. The van der Waals surface area contributed by atoms with Crippen molar-refractivity contribution in [2.24, 2.45) is 5.41 Å². The fourth-order valence-corrected chi connectivity index (χ4v) is 2.36. The molecular weight excluding hydrogens is 395 g/mol. The molecule has 0 aliphatic heterocycles. The third kappa shape index (κ3) is 5.94. The standard InChI is InChI=1S/C17H23IO4/c1-5-6-10-21-15(19)12-8-7-9-13(18)14(12)16(20)22-11-17(2,3)4/h7-9H,5-6,10-11H2,1-4H3. The molecule has 0 radical (unpaired) electrons. The van der Waals surface area contributed by atoms with E-state index in [1.165, 1.54) is 0 Å². The van der Waals surface area contributed by atoms with Crippen LogP contribution in [0.15, 0.2) is 18.2 Å². The number of unbranched alkanes of at least 4 members (excludes halogenated alkanes) is 1. The molecule has 4 nitrogen and oxygen atoms in total. The van der Waals surface area contributed by atoms with Gasteiger partial charge in [-0.25, -0.2) is 9.59 Å². The SMILES string of the molecule is CCCCOC(=O)c1cccc(I)c1C(=O)OCC(C)(C)C. The highest BCUT2D eigenvalue weighted by Gasteiger charge is 2.23. The molecule has 0 heterocycles. The van der Waals surface area contributed by atoms with Crippen molar-refractivity contribution in [1.29, 1.82) is 0 Å². The molecule has 1 rings (SSSR count). The van der Waals surface area contributed by atoms with Crippen LogP contribution in [0.5, 0.6) is 0 Å². The zero-order chi connectivity index (χ0) is 16.8. The van der Waals surface area contributed by atoms with Crippen molar-refractivity contribution in [3.63, 3.8) is 0 Å². The predicted octanol–water partition coefficient (Wildman–Crippen LogP) is 4.45. The first kappa shape index (κ1) is 18.9. The zero-order valence-electron chi connectivity index (χ0n) is 13.6. The van der Waals surface area contributed by atoms with Gasteiger partial charge >= 0.3 is 11.9 Å². The Morgan fingerprint density at radius 2 is 1.82 bits per heavy atom. The third-order valence-corrected chi connectivity index (χ3v) is 3.70. The predicted molar refractivity (Wildman–Crippen MR) is 94.1 cm³/mol. The van der Waals surface area contributed by atoms with E-state index in [2.05, 4.69) is 0 Å². The summed E-state index contributed by atoms with van der Waals surface area (Å²) in [6.45, 7) is 8.62. The molecule has 122 valence electrons. The van der Waals surface area contributed by atoms with Crippen molar-refractivity contribution in [2.45, 2.75) is 40.5 Å². The zero-order valence-corrected chi connectivity index (χ0v) is 15.7. The smallest absolute Gasteiger partial charge is 0.340 e. The van der Waals surface area contributed by atoms with Crippen LogP contribution < -0.4 is 0 Å². The first-order chi connectivity index (χ1) is 10.3. The molecule has 0 bridgehead atoms. The van der Waals surface area contributed by atoms with Gasteiger partial charge in [0.25, 0.3) is 0 Å². The summed E-state index contributed by atoms with van der Waals surface area (Å²) in [6, 6.07) is 5.11. The Kier molecular flexibility index (Phi) is 7.32. The Morgan fingerprint density at radius 1 is 1.14 bits per heavy atom. The maximum absolute atomic E-state index is 12.3. The number of carbonyl (C=O) groups excluding carboxylic acids is 2. The van der Waals surface area contributed by atoms with Gasteiger partial charge in [0.15, 0.2) is 0 Å². The van der Waals surface area contributed by atoms with E-state index in [0.717, 1.165) is 12.8 Å². The molecule has 5 heteroatoms. The van der Waals surface area contributed by atoms with Gasteiger partial charge in [0, 0.05) is 3.57 Å². The maximum Gasteiger partial charge on any atom is 0.340 e. The van der Waals surface area contributed by atoms with Gasteiger partial charge in [-0.1, -0.05) is 40.2 Å². The number of carbonyl (C=O) groups is 2. The van der Waals surface area contributed by atoms with Crippen molar-refractivity contribution in [1.82, 2.24) is 0 Å². The van der Waals surface area contributed by atoms with Crippen LogP contribution in [0.2, 0.25) is 0 Å². The van der Waals surface area contributed by atoms with Gasteiger partial charge in [-0.15, -0.1) is 0 Å². The number of rotatable bonds is 6. The molecule has 22 heavy (non-hydrogen) atoms. The van der Waals surface area contributed by atoms with Crippen molar-refractivity contribution in [3.8, 4) is 0 Å². The fourth-order valence-electron chi connectivity index (χ4n) is 1.64. The van der Waals surface area contributed by atoms with Crippen LogP contribution in [-0.4, -0.2) is 25.2 Å². The molecule has 0 aliphatic rings. The lowest BCUT2D eigenvalue weighted by atomic mass is 9.98. The van der Waals surface area contributed by atoms with Crippen LogP contribution in [0.25, 0.3) is 0 Å². The van der Waals surface area contributed by atoms with E-state index in [0.29, 0.717) is 16.8 Å². The van der Waals surface area contributed by atoms with Crippen LogP contribution in [0.3, 0.4) is 0 Å². The molecule has 0 atom stereocenters. The Hall–Kier alpha value is -1.11. The van der Waals surface area contributed by atoms with Crippen molar-refractivity contribution in [2.75, 3.05) is 13.2 Å². The minimum absolute atomic E-state index is 0.127. The van der Waals surface area contributed by atoms with Gasteiger partial charge in [-0.2, -0.15) is 0 Å². The molecule has 0 aliphatic carbocycles. The number of benzene rings is 1. The summed E-state index contributed by atoms with van der Waals surface area (Å²) in [6.07, 6.45) is 1.75. The van der Waals surface area contributed by atoms with E-state index in [1.54, 1.807) is 18.2 Å². The second kappa shape index (κ2) is 8.50. The fraction of sp³-hybridized carbons (Fsp3) is 0.529. The number of hydrogen-bond donors (Lipinski definition) is 0. The van der Waals surface area contributed by atoms with Crippen molar-refractivity contribution >= 4 is 34.5 Å². The van der Waals surface area contributed by atoms with Crippen LogP contribution in [0.4, 0.5) is 0 Å². The third-order valence-electron chi connectivity index (χ3n) is 2.80. The highest BCUT2D eigenvalue weighted by atomic mass is 127. The van der Waals surface area contributed by atoms with E-state index in [4.69, 9.17) is 9.47 Å². The van der Waals surface area contributed by atoms with E-state index in [1.807, 2.05) is 50.3 Å². The van der Waals surface area contributed by atoms with E-state index < -0.39 is 11.9 Å². The van der Waals surface area contributed by atoms with E-state index >= 15 is 0 Å². The monoisotopic (exact) mass is 418 g/mol. The largest absolute Gasteiger partial charge is 0.462 e. The van der Waals surface area contributed by atoms with Crippen LogP contribution in [0.1, 0.15) is 61.3 Å². The number of ether oxygens (including phenoxy) is 2. The highest BCUT2D eigenvalue weighted by molar-refractivity contribution is 14.1. The summed E-state index contributed by atoms with van der Waals surface area (Å²) >= 11 is 2.03. The van der Waals surface area contributed by atoms with Gasteiger partial charge < -0.3 is 9.47 Å².